The van der Waals surface area contributed by atoms with Crippen molar-refractivity contribution in [2.24, 2.45) is 0 Å². The summed E-state index contributed by atoms with van der Waals surface area (Å²) < 4.78 is 2.20. The van der Waals surface area contributed by atoms with Gasteiger partial charge in [-0.15, -0.1) is 0 Å². The zero-order valence-corrected chi connectivity index (χ0v) is 18.0. The van der Waals surface area contributed by atoms with Crippen molar-refractivity contribution in [2.75, 3.05) is 6.54 Å². The van der Waals surface area contributed by atoms with E-state index in [9.17, 15) is 4.79 Å². The van der Waals surface area contributed by atoms with Gasteiger partial charge in [-0.2, -0.15) is 0 Å². The first-order valence-electron chi connectivity index (χ1n) is 10.3. The highest BCUT2D eigenvalue weighted by Crippen LogP contribution is 2.23. The number of rotatable bonds is 9. The maximum atomic E-state index is 13.4. The molecular formula is C25H29ClN2O. The van der Waals surface area contributed by atoms with Crippen LogP contribution in [0.25, 0.3) is 0 Å². The number of benzene rings is 2. The molecule has 1 heterocycles. The van der Waals surface area contributed by atoms with Crippen molar-refractivity contribution in [3.05, 3.63) is 94.8 Å². The molecule has 0 aliphatic rings. The molecule has 3 aromatic rings. The van der Waals surface area contributed by atoms with Crippen LogP contribution >= 0.6 is 11.6 Å². The molecule has 0 aliphatic heterocycles. The third kappa shape index (κ3) is 5.51. The Morgan fingerprint density at radius 3 is 2.52 bits per heavy atom. The molecule has 29 heavy (non-hydrogen) atoms. The number of hydrogen-bond donors (Lipinski definition) is 0. The fourth-order valence-corrected chi connectivity index (χ4v) is 3.98. The number of aromatic nitrogens is 1. The SMILES string of the molecule is CCCN(Cc1cccn1Cc1cccc(Cl)c1)C(=O)[C@@H](CC)c1ccccc1. The number of halogens is 1. The highest BCUT2D eigenvalue weighted by atomic mass is 35.5. The lowest BCUT2D eigenvalue weighted by Crippen LogP contribution is -2.36. The van der Waals surface area contributed by atoms with Gasteiger partial charge in [0.25, 0.3) is 0 Å². The van der Waals surface area contributed by atoms with E-state index < -0.39 is 0 Å². The van der Waals surface area contributed by atoms with Gasteiger partial charge in [0.2, 0.25) is 5.91 Å². The first kappa shape index (κ1) is 21.2. The van der Waals surface area contributed by atoms with E-state index in [-0.39, 0.29) is 11.8 Å². The van der Waals surface area contributed by atoms with Gasteiger partial charge < -0.3 is 9.47 Å². The van der Waals surface area contributed by atoms with Crippen molar-refractivity contribution in [3.8, 4) is 0 Å². The van der Waals surface area contributed by atoms with E-state index in [0.717, 1.165) is 47.8 Å². The van der Waals surface area contributed by atoms with Gasteiger partial charge in [-0.3, -0.25) is 4.79 Å². The van der Waals surface area contributed by atoms with Gasteiger partial charge in [0.05, 0.1) is 12.5 Å². The standard InChI is InChI=1S/C25H29ClN2O/c1-3-15-28(25(29)24(4-2)21-11-6-5-7-12-21)19-23-14-9-16-27(23)18-20-10-8-13-22(26)17-20/h5-14,16-17,24H,3-4,15,18-19H2,1-2H3/t24-/m0/s1. The molecule has 0 fully saturated rings. The minimum atomic E-state index is -0.0981. The minimum Gasteiger partial charge on any atom is -0.345 e. The van der Waals surface area contributed by atoms with E-state index >= 15 is 0 Å². The monoisotopic (exact) mass is 408 g/mol. The number of nitrogens with zero attached hydrogens (tertiary/aromatic N) is 2. The van der Waals surface area contributed by atoms with Crippen LogP contribution in [0.2, 0.25) is 5.02 Å². The summed E-state index contributed by atoms with van der Waals surface area (Å²) in [7, 11) is 0. The van der Waals surface area contributed by atoms with E-state index in [1.807, 2.05) is 47.4 Å². The van der Waals surface area contributed by atoms with Crippen molar-refractivity contribution in [1.29, 1.82) is 0 Å². The Labute approximate surface area is 178 Å². The van der Waals surface area contributed by atoms with E-state index in [2.05, 4.69) is 48.9 Å². The first-order valence-corrected chi connectivity index (χ1v) is 10.7. The van der Waals surface area contributed by atoms with Crippen LogP contribution in [0.15, 0.2) is 72.9 Å². The Morgan fingerprint density at radius 2 is 1.83 bits per heavy atom. The van der Waals surface area contributed by atoms with Crippen LogP contribution in [0.4, 0.5) is 0 Å². The van der Waals surface area contributed by atoms with E-state index in [1.165, 1.54) is 0 Å². The molecule has 152 valence electrons. The number of carbonyl (C=O) groups is 1. The molecule has 4 heteroatoms. The molecule has 2 aromatic carbocycles. The average Bonchev–Trinajstić information content (AvgIpc) is 3.15. The third-order valence-corrected chi connectivity index (χ3v) is 5.47. The molecular weight excluding hydrogens is 380 g/mol. The second kappa shape index (κ2) is 10.3. The Bertz CT molecular complexity index is 919. The van der Waals surface area contributed by atoms with Gasteiger partial charge in [0.15, 0.2) is 0 Å². The highest BCUT2D eigenvalue weighted by Gasteiger charge is 2.24. The predicted molar refractivity (Wildman–Crippen MR) is 120 cm³/mol. The molecule has 1 aromatic heterocycles. The third-order valence-electron chi connectivity index (χ3n) is 5.23. The van der Waals surface area contributed by atoms with Gasteiger partial charge in [-0.1, -0.05) is 67.9 Å². The molecule has 1 amide bonds. The molecule has 0 bridgehead atoms. The zero-order valence-electron chi connectivity index (χ0n) is 17.2. The predicted octanol–water partition coefficient (Wildman–Crippen LogP) is 6.12. The normalized spacial score (nSPS) is 12.0. The maximum Gasteiger partial charge on any atom is 0.230 e. The van der Waals surface area contributed by atoms with Crippen LogP contribution in [-0.2, 0) is 17.9 Å². The molecule has 0 unspecified atom stereocenters. The summed E-state index contributed by atoms with van der Waals surface area (Å²) >= 11 is 6.14. The summed E-state index contributed by atoms with van der Waals surface area (Å²) in [6.45, 7) is 6.32. The topological polar surface area (TPSA) is 25.2 Å². The first-order chi connectivity index (χ1) is 14.1. The summed E-state index contributed by atoms with van der Waals surface area (Å²) in [6.07, 6.45) is 3.80. The second-order valence-corrected chi connectivity index (χ2v) is 7.83. The van der Waals surface area contributed by atoms with Crippen LogP contribution in [0.5, 0.6) is 0 Å². The lowest BCUT2D eigenvalue weighted by Gasteiger charge is -2.27. The Hall–Kier alpha value is -2.52. The zero-order chi connectivity index (χ0) is 20.6. The Kier molecular flexibility index (Phi) is 7.54. The maximum absolute atomic E-state index is 13.4. The number of amides is 1. The summed E-state index contributed by atoms with van der Waals surface area (Å²) in [6, 6.07) is 22.2. The van der Waals surface area contributed by atoms with Crippen LogP contribution in [-0.4, -0.2) is 21.9 Å². The minimum absolute atomic E-state index is 0.0981. The summed E-state index contributed by atoms with van der Waals surface area (Å²) in [5, 5.41) is 0.743. The van der Waals surface area contributed by atoms with Crippen LogP contribution in [0, 0.1) is 0 Å². The molecule has 0 saturated carbocycles. The fraction of sp³-hybridized carbons (Fsp3) is 0.320. The Morgan fingerprint density at radius 1 is 1.03 bits per heavy atom. The van der Waals surface area contributed by atoms with Gasteiger partial charge in [0, 0.05) is 30.0 Å². The van der Waals surface area contributed by atoms with Gasteiger partial charge in [-0.05, 0) is 48.2 Å². The summed E-state index contributed by atoms with van der Waals surface area (Å²) in [4.78, 5) is 15.4. The average molecular weight is 409 g/mol. The summed E-state index contributed by atoms with van der Waals surface area (Å²) in [5.41, 5.74) is 3.38. The van der Waals surface area contributed by atoms with Crippen molar-refractivity contribution in [2.45, 2.75) is 45.7 Å². The number of hydrogen-bond acceptors (Lipinski definition) is 1. The van der Waals surface area contributed by atoms with E-state index in [1.54, 1.807) is 0 Å². The van der Waals surface area contributed by atoms with Gasteiger partial charge in [0.1, 0.15) is 0 Å². The highest BCUT2D eigenvalue weighted by molar-refractivity contribution is 6.30. The molecule has 3 rings (SSSR count). The molecule has 3 nitrogen and oxygen atoms in total. The van der Waals surface area contributed by atoms with E-state index in [0.29, 0.717) is 6.54 Å². The van der Waals surface area contributed by atoms with Crippen molar-refractivity contribution >= 4 is 17.5 Å². The lowest BCUT2D eigenvalue weighted by atomic mass is 9.95. The van der Waals surface area contributed by atoms with Crippen LogP contribution in [0.3, 0.4) is 0 Å². The van der Waals surface area contributed by atoms with E-state index in [4.69, 9.17) is 11.6 Å². The van der Waals surface area contributed by atoms with Crippen molar-refractivity contribution < 1.29 is 4.79 Å². The lowest BCUT2D eigenvalue weighted by molar-refractivity contribution is -0.133. The summed E-state index contributed by atoms with van der Waals surface area (Å²) in [5.74, 6) is 0.107. The smallest absolute Gasteiger partial charge is 0.230 e. The molecule has 0 N–H and O–H groups in total. The fourth-order valence-electron chi connectivity index (χ4n) is 3.77. The van der Waals surface area contributed by atoms with Crippen LogP contribution < -0.4 is 0 Å². The molecule has 0 aliphatic carbocycles. The van der Waals surface area contributed by atoms with Gasteiger partial charge in [-0.25, -0.2) is 0 Å². The Balaban J connectivity index is 1.79. The number of carbonyl (C=O) groups excluding carboxylic acids is 1. The molecule has 1 atom stereocenters. The largest absolute Gasteiger partial charge is 0.345 e. The molecule has 0 radical (unpaired) electrons. The second-order valence-electron chi connectivity index (χ2n) is 7.39. The van der Waals surface area contributed by atoms with Crippen LogP contribution in [0.1, 0.15) is 49.4 Å². The molecule has 0 spiro atoms. The van der Waals surface area contributed by atoms with Gasteiger partial charge >= 0.3 is 0 Å². The van der Waals surface area contributed by atoms with Crippen molar-refractivity contribution in [1.82, 2.24) is 9.47 Å². The quantitative estimate of drug-likeness (QED) is 0.418. The van der Waals surface area contributed by atoms with Crippen molar-refractivity contribution in [3.63, 3.8) is 0 Å². The molecule has 0 saturated heterocycles.